The molecule has 19 heavy (non-hydrogen) atoms. The average molecular weight is 342 g/mol. The van der Waals surface area contributed by atoms with E-state index >= 15 is 0 Å². The third-order valence-electron chi connectivity index (χ3n) is 3.14. The second kappa shape index (κ2) is 5.49. The SMILES string of the molecule is CCC(O)(c1cccc(Br)c1)c1cc(Cl)cnc1N. The first-order valence-corrected chi connectivity index (χ1v) is 7.04. The van der Waals surface area contributed by atoms with Gasteiger partial charge in [0.1, 0.15) is 11.4 Å². The van der Waals surface area contributed by atoms with E-state index in [2.05, 4.69) is 20.9 Å². The second-order valence-corrected chi connectivity index (χ2v) is 5.66. The van der Waals surface area contributed by atoms with Crippen LogP contribution >= 0.6 is 27.5 Å². The molecule has 1 unspecified atom stereocenters. The van der Waals surface area contributed by atoms with Gasteiger partial charge in [-0.2, -0.15) is 0 Å². The third-order valence-corrected chi connectivity index (χ3v) is 3.84. The molecule has 0 bridgehead atoms. The van der Waals surface area contributed by atoms with Crippen LogP contribution in [0.4, 0.5) is 5.82 Å². The van der Waals surface area contributed by atoms with Gasteiger partial charge in [0.2, 0.25) is 0 Å². The number of hydrogen-bond acceptors (Lipinski definition) is 3. The molecule has 0 aliphatic carbocycles. The lowest BCUT2D eigenvalue weighted by atomic mass is 9.84. The first kappa shape index (κ1) is 14.3. The van der Waals surface area contributed by atoms with Crippen molar-refractivity contribution in [3.8, 4) is 0 Å². The maximum absolute atomic E-state index is 11.0. The number of pyridine rings is 1. The molecule has 1 aromatic heterocycles. The van der Waals surface area contributed by atoms with Crippen molar-refractivity contribution in [2.45, 2.75) is 18.9 Å². The molecule has 0 radical (unpaired) electrons. The molecule has 2 aromatic rings. The van der Waals surface area contributed by atoms with Crippen molar-refractivity contribution in [1.82, 2.24) is 4.98 Å². The van der Waals surface area contributed by atoms with Crippen LogP contribution in [0.15, 0.2) is 41.0 Å². The van der Waals surface area contributed by atoms with Crippen molar-refractivity contribution in [2.75, 3.05) is 5.73 Å². The number of halogens is 2. The Morgan fingerprint density at radius 1 is 1.42 bits per heavy atom. The maximum Gasteiger partial charge on any atom is 0.129 e. The monoisotopic (exact) mass is 340 g/mol. The van der Waals surface area contributed by atoms with Crippen molar-refractivity contribution in [3.63, 3.8) is 0 Å². The van der Waals surface area contributed by atoms with E-state index in [1.165, 1.54) is 6.20 Å². The molecule has 3 nitrogen and oxygen atoms in total. The molecule has 100 valence electrons. The van der Waals surface area contributed by atoms with E-state index in [9.17, 15) is 5.11 Å². The molecule has 3 N–H and O–H groups in total. The van der Waals surface area contributed by atoms with E-state index in [-0.39, 0.29) is 5.82 Å². The molecule has 0 spiro atoms. The highest BCUT2D eigenvalue weighted by Crippen LogP contribution is 2.37. The van der Waals surface area contributed by atoms with Crippen LogP contribution in [-0.2, 0) is 5.60 Å². The Labute approximate surface area is 125 Å². The second-order valence-electron chi connectivity index (χ2n) is 4.31. The Hall–Kier alpha value is -1.10. The van der Waals surface area contributed by atoms with Crippen LogP contribution in [0.1, 0.15) is 24.5 Å². The first-order chi connectivity index (χ1) is 8.97. The van der Waals surface area contributed by atoms with Gasteiger partial charge in [-0.25, -0.2) is 4.98 Å². The number of nitrogens with zero attached hydrogens (tertiary/aromatic N) is 1. The maximum atomic E-state index is 11.0. The van der Waals surface area contributed by atoms with Gasteiger partial charge in [0, 0.05) is 16.2 Å². The van der Waals surface area contributed by atoms with E-state index in [1.807, 2.05) is 31.2 Å². The molecule has 1 heterocycles. The van der Waals surface area contributed by atoms with Crippen LogP contribution in [0.25, 0.3) is 0 Å². The number of nitrogen functional groups attached to an aromatic ring is 1. The van der Waals surface area contributed by atoms with Crippen molar-refractivity contribution >= 4 is 33.3 Å². The van der Waals surface area contributed by atoms with Gasteiger partial charge in [0.05, 0.1) is 5.02 Å². The van der Waals surface area contributed by atoms with Gasteiger partial charge in [-0.1, -0.05) is 46.6 Å². The summed E-state index contributed by atoms with van der Waals surface area (Å²) < 4.78 is 0.894. The van der Waals surface area contributed by atoms with Crippen molar-refractivity contribution < 1.29 is 5.11 Å². The predicted octanol–water partition coefficient (Wildman–Crippen LogP) is 3.73. The number of aliphatic hydroxyl groups is 1. The predicted molar refractivity (Wildman–Crippen MR) is 81.1 cm³/mol. The zero-order chi connectivity index (χ0) is 14.0. The zero-order valence-corrected chi connectivity index (χ0v) is 12.7. The van der Waals surface area contributed by atoms with Crippen LogP contribution in [0.5, 0.6) is 0 Å². The molecule has 0 fully saturated rings. The minimum absolute atomic E-state index is 0.286. The Kier molecular flexibility index (Phi) is 4.13. The van der Waals surface area contributed by atoms with Crippen LogP contribution in [-0.4, -0.2) is 10.1 Å². The summed E-state index contributed by atoms with van der Waals surface area (Å²) >= 11 is 9.37. The molecule has 0 aliphatic heterocycles. The molecule has 0 amide bonds. The van der Waals surface area contributed by atoms with E-state index in [0.717, 1.165) is 10.0 Å². The summed E-state index contributed by atoms with van der Waals surface area (Å²) in [4.78, 5) is 4.01. The standard InChI is InChI=1S/C14H14BrClN2O/c1-2-14(19,9-4-3-5-10(15)6-9)12-7-11(16)8-18-13(12)17/h3-8,19H,2H2,1H3,(H2,17,18). The van der Waals surface area contributed by atoms with Crippen LogP contribution in [0.3, 0.4) is 0 Å². The molecule has 1 aromatic carbocycles. The summed E-state index contributed by atoms with van der Waals surface area (Å²) in [6.07, 6.45) is 1.94. The zero-order valence-electron chi connectivity index (χ0n) is 10.4. The number of rotatable bonds is 3. The highest BCUT2D eigenvalue weighted by molar-refractivity contribution is 9.10. The van der Waals surface area contributed by atoms with E-state index < -0.39 is 5.60 Å². The van der Waals surface area contributed by atoms with Crippen molar-refractivity contribution in [3.05, 3.63) is 57.2 Å². The van der Waals surface area contributed by atoms with E-state index in [4.69, 9.17) is 17.3 Å². The smallest absolute Gasteiger partial charge is 0.129 e. The number of anilines is 1. The van der Waals surface area contributed by atoms with Gasteiger partial charge in [0.25, 0.3) is 0 Å². The topological polar surface area (TPSA) is 59.1 Å². The molecule has 0 aliphatic rings. The number of hydrogen-bond donors (Lipinski definition) is 2. The summed E-state index contributed by atoms with van der Waals surface area (Å²) in [5.41, 5.74) is 5.96. The van der Waals surface area contributed by atoms with Crippen LogP contribution < -0.4 is 5.73 Å². The van der Waals surface area contributed by atoms with Gasteiger partial charge < -0.3 is 10.8 Å². The minimum atomic E-state index is -1.20. The van der Waals surface area contributed by atoms with Crippen LogP contribution in [0.2, 0.25) is 5.02 Å². The average Bonchev–Trinajstić information content (AvgIpc) is 2.40. The van der Waals surface area contributed by atoms with E-state index in [1.54, 1.807) is 6.07 Å². The van der Waals surface area contributed by atoms with Gasteiger partial charge in [-0.15, -0.1) is 0 Å². The van der Waals surface area contributed by atoms with Crippen molar-refractivity contribution in [2.24, 2.45) is 0 Å². The summed E-state index contributed by atoms with van der Waals surface area (Å²) in [5, 5.41) is 11.4. The van der Waals surface area contributed by atoms with E-state index in [0.29, 0.717) is 17.0 Å². The van der Waals surface area contributed by atoms with Gasteiger partial charge >= 0.3 is 0 Å². The van der Waals surface area contributed by atoms with Crippen LogP contribution in [0, 0.1) is 0 Å². The summed E-state index contributed by atoms with van der Waals surface area (Å²) in [7, 11) is 0. The quantitative estimate of drug-likeness (QED) is 0.894. The summed E-state index contributed by atoms with van der Waals surface area (Å²) in [5.74, 6) is 0.286. The Bertz CT molecular complexity index is 606. The Balaban J connectivity index is 2.62. The fourth-order valence-electron chi connectivity index (χ4n) is 2.08. The van der Waals surface area contributed by atoms with Gasteiger partial charge in [-0.05, 0) is 30.2 Å². The summed E-state index contributed by atoms with van der Waals surface area (Å²) in [6, 6.07) is 9.15. The normalized spacial score (nSPS) is 14.1. The molecule has 2 rings (SSSR count). The highest BCUT2D eigenvalue weighted by Gasteiger charge is 2.32. The Morgan fingerprint density at radius 2 is 2.16 bits per heavy atom. The first-order valence-electron chi connectivity index (χ1n) is 5.87. The molecule has 1 atom stereocenters. The third kappa shape index (κ3) is 2.76. The lowest BCUT2D eigenvalue weighted by Gasteiger charge is -2.29. The number of benzene rings is 1. The fourth-order valence-corrected chi connectivity index (χ4v) is 2.63. The number of nitrogens with two attached hydrogens (primary N) is 1. The number of aromatic nitrogens is 1. The molecular formula is C14H14BrClN2O. The lowest BCUT2D eigenvalue weighted by molar-refractivity contribution is 0.0770. The van der Waals surface area contributed by atoms with Crippen molar-refractivity contribution in [1.29, 1.82) is 0 Å². The Morgan fingerprint density at radius 3 is 2.79 bits per heavy atom. The molecule has 5 heteroatoms. The molecular weight excluding hydrogens is 328 g/mol. The van der Waals surface area contributed by atoms with Gasteiger partial charge in [0.15, 0.2) is 0 Å². The largest absolute Gasteiger partial charge is 0.383 e. The molecule has 0 saturated carbocycles. The minimum Gasteiger partial charge on any atom is -0.383 e. The fraction of sp³-hybridized carbons (Fsp3) is 0.214. The lowest BCUT2D eigenvalue weighted by Crippen LogP contribution is -2.28. The van der Waals surface area contributed by atoms with Gasteiger partial charge in [-0.3, -0.25) is 0 Å². The highest BCUT2D eigenvalue weighted by atomic mass is 79.9. The molecule has 0 saturated heterocycles. The summed E-state index contributed by atoms with van der Waals surface area (Å²) in [6.45, 7) is 1.89.